The minimum absolute atomic E-state index is 0.201. The fourth-order valence-electron chi connectivity index (χ4n) is 2.90. The minimum Gasteiger partial charge on any atom is -0.381 e. The third-order valence-electron chi connectivity index (χ3n) is 4.66. The number of aliphatic imine (C=N–C) groups is 1. The Labute approximate surface area is 122 Å². The molecule has 0 amide bonds. The van der Waals surface area contributed by atoms with Gasteiger partial charge in [-0.15, -0.1) is 0 Å². The first-order valence-electron chi connectivity index (χ1n) is 7.25. The molecule has 0 aromatic heterocycles. The maximum absolute atomic E-state index is 5.51. The van der Waals surface area contributed by atoms with Crippen LogP contribution in [0.2, 0.25) is 0 Å². The Hall–Kier alpha value is -0.220. The van der Waals surface area contributed by atoms with Gasteiger partial charge in [0.1, 0.15) is 0 Å². The van der Waals surface area contributed by atoms with Crippen molar-refractivity contribution in [2.24, 2.45) is 15.8 Å². The number of rotatable bonds is 2. The van der Waals surface area contributed by atoms with Crippen LogP contribution in [0.4, 0.5) is 0 Å². The smallest absolute Gasteiger partial charge is 0.157 e. The molecule has 1 heterocycles. The Kier molecular flexibility index (Phi) is 4.22. The summed E-state index contributed by atoms with van der Waals surface area (Å²) in [5, 5.41) is 4.78. The average Bonchev–Trinajstić information content (AvgIpc) is 2.33. The van der Waals surface area contributed by atoms with E-state index in [1.54, 1.807) is 0 Å². The molecule has 2 rings (SSSR count). The summed E-state index contributed by atoms with van der Waals surface area (Å²) >= 11 is 1.87. The second-order valence-electron chi connectivity index (χ2n) is 7.43. The standard InChI is InChI=1S/C15H28N2OS/c1-14(2,3)10-7-8-19-13(16-10)17-11-9-12(18-6)15(11,4)5/h10-12H,7-9H2,1-6H3,(H,16,17). The molecule has 0 spiro atoms. The molecule has 0 saturated heterocycles. The molecule has 1 fully saturated rings. The first-order valence-corrected chi connectivity index (χ1v) is 8.23. The third kappa shape index (κ3) is 3.10. The first kappa shape index (κ1) is 15.2. The van der Waals surface area contributed by atoms with Gasteiger partial charge in [0.05, 0.1) is 12.1 Å². The van der Waals surface area contributed by atoms with Crippen molar-refractivity contribution in [3.8, 4) is 0 Å². The van der Waals surface area contributed by atoms with E-state index in [9.17, 15) is 0 Å². The van der Waals surface area contributed by atoms with E-state index in [1.807, 2.05) is 18.9 Å². The van der Waals surface area contributed by atoms with Crippen molar-refractivity contribution in [2.45, 2.75) is 65.6 Å². The van der Waals surface area contributed by atoms with Crippen molar-refractivity contribution >= 4 is 16.9 Å². The van der Waals surface area contributed by atoms with Crippen LogP contribution in [0.15, 0.2) is 4.99 Å². The van der Waals surface area contributed by atoms with Crippen molar-refractivity contribution in [3.05, 3.63) is 0 Å². The third-order valence-corrected chi connectivity index (χ3v) is 5.60. The van der Waals surface area contributed by atoms with Crippen molar-refractivity contribution in [1.82, 2.24) is 5.32 Å². The van der Waals surface area contributed by atoms with Crippen molar-refractivity contribution in [2.75, 3.05) is 12.9 Å². The molecular weight excluding hydrogens is 256 g/mol. The number of nitrogens with zero attached hydrogens (tertiary/aromatic N) is 1. The Bertz CT molecular complexity index is 360. The lowest BCUT2D eigenvalue weighted by Crippen LogP contribution is -2.61. The van der Waals surface area contributed by atoms with Gasteiger partial charge in [-0.05, 0) is 18.3 Å². The first-order chi connectivity index (χ1) is 8.75. The molecule has 110 valence electrons. The highest BCUT2D eigenvalue weighted by molar-refractivity contribution is 8.13. The van der Waals surface area contributed by atoms with Gasteiger partial charge in [-0.3, -0.25) is 4.99 Å². The molecule has 0 radical (unpaired) electrons. The van der Waals surface area contributed by atoms with Crippen LogP contribution in [-0.2, 0) is 4.74 Å². The van der Waals surface area contributed by atoms with Crippen LogP contribution >= 0.6 is 11.8 Å². The van der Waals surface area contributed by atoms with Crippen LogP contribution in [0.25, 0.3) is 0 Å². The zero-order valence-electron chi connectivity index (χ0n) is 13.1. The molecule has 2 aliphatic rings. The maximum Gasteiger partial charge on any atom is 0.157 e. The number of amidine groups is 1. The summed E-state index contributed by atoms with van der Waals surface area (Å²) in [7, 11) is 1.81. The summed E-state index contributed by atoms with van der Waals surface area (Å²) in [6.45, 7) is 11.4. The van der Waals surface area contributed by atoms with Gasteiger partial charge in [0.2, 0.25) is 0 Å². The van der Waals surface area contributed by atoms with Gasteiger partial charge < -0.3 is 10.1 Å². The van der Waals surface area contributed by atoms with Crippen LogP contribution < -0.4 is 5.32 Å². The Morgan fingerprint density at radius 2 is 2.05 bits per heavy atom. The lowest BCUT2D eigenvalue weighted by Gasteiger charge is -2.51. The van der Waals surface area contributed by atoms with E-state index in [-0.39, 0.29) is 10.8 Å². The summed E-state index contributed by atoms with van der Waals surface area (Å²) in [5.41, 5.74) is 0.463. The van der Waals surface area contributed by atoms with Gasteiger partial charge in [0, 0.05) is 24.3 Å². The van der Waals surface area contributed by atoms with Gasteiger partial charge in [-0.25, -0.2) is 0 Å². The highest BCUT2D eigenvalue weighted by Crippen LogP contribution is 2.43. The molecule has 0 aromatic rings. The van der Waals surface area contributed by atoms with E-state index in [0.717, 1.165) is 11.6 Å². The van der Waals surface area contributed by atoms with Crippen LogP contribution in [0.1, 0.15) is 47.5 Å². The fraction of sp³-hybridized carbons (Fsp3) is 0.933. The normalized spacial score (nSPS) is 34.4. The van der Waals surface area contributed by atoms with E-state index >= 15 is 0 Å². The number of methoxy groups -OCH3 is 1. The zero-order chi connectivity index (χ0) is 14.3. The lowest BCUT2D eigenvalue weighted by atomic mass is 9.64. The van der Waals surface area contributed by atoms with Crippen LogP contribution in [-0.4, -0.2) is 36.2 Å². The zero-order valence-corrected chi connectivity index (χ0v) is 13.9. The van der Waals surface area contributed by atoms with E-state index in [4.69, 9.17) is 9.73 Å². The van der Waals surface area contributed by atoms with Crippen molar-refractivity contribution in [1.29, 1.82) is 0 Å². The second kappa shape index (κ2) is 5.28. The second-order valence-corrected chi connectivity index (χ2v) is 8.52. The highest BCUT2D eigenvalue weighted by atomic mass is 32.2. The van der Waals surface area contributed by atoms with E-state index < -0.39 is 0 Å². The Morgan fingerprint density at radius 3 is 2.58 bits per heavy atom. The summed E-state index contributed by atoms with van der Waals surface area (Å²) in [5.74, 6) is 1.18. The number of ether oxygens (including phenoxy) is 1. The highest BCUT2D eigenvalue weighted by Gasteiger charge is 2.49. The SMILES string of the molecule is COC1CC(NC2=NC(C(C)(C)C)CCS2)C1(C)C. The largest absolute Gasteiger partial charge is 0.381 e. The molecule has 1 aliphatic carbocycles. The van der Waals surface area contributed by atoms with Crippen LogP contribution in [0, 0.1) is 10.8 Å². The summed E-state index contributed by atoms with van der Waals surface area (Å²) < 4.78 is 5.51. The topological polar surface area (TPSA) is 33.6 Å². The molecule has 0 aromatic carbocycles. The van der Waals surface area contributed by atoms with Crippen LogP contribution in [0.3, 0.4) is 0 Å². The fourth-order valence-corrected chi connectivity index (χ4v) is 3.86. The summed E-state index contributed by atoms with van der Waals surface area (Å²) in [6.07, 6.45) is 2.65. The lowest BCUT2D eigenvalue weighted by molar-refractivity contribution is -0.0918. The van der Waals surface area contributed by atoms with Gasteiger partial charge >= 0.3 is 0 Å². The molecule has 1 aliphatic heterocycles. The molecule has 1 N–H and O–H groups in total. The van der Waals surface area contributed by atoms with Gasteiger partial charge in [-0.2, -0.15) is 0 Å². The van der Waals surface area contributed by atoms with E-state index in [0.29, 0.717) is 18.2 Å². The summed E-state index contributed by atoms with van der Waals surface area (Å²) in [4.78, 5) is 4.92. The molecule has 1 saturated carbocycles. The van der Waals surface area contributed by atoms with Gasteiger partial charge in [-0.1, -0.05) is 46.4 Å². The number of nitrogens with one attached hydrogen (secondary N) is 1. The quantitative estimate of drug-likeness (QED) is 0.845. The minimum atomic E-state index is 0.201. The number of hydrogen-bond acceptors (Lipinski definition) is 4. The van der Waals surface area contributed by atoms with Crippen molar-refractivity contribution < 1.29 is 4.74 Å². The van der Waals surface area contributed by atoms with Gasteiger partial charge in [0.25, 0.3) is 0 Å². The molecule has 3 atom stereocenters. The molecule has 19 heavy (non-hydrogen) atoms. The summed E-state index contributed by atoms with van der Waals surface area (Å²) in [6, 6.07) is 0.931. The molecule has 3 nitrogen and oxygen atoms in total. The predicted molar refractivity (Wildman–Crippen MR) is 83.9 cm³/mol. The molecule has 3 unspecified atom stereocenters. The molecule has 0 bridgehead atoms. The van der Waals surface area contributed by atoms with E-state index in [2.05, 4.69) is 39.9 Å². The average molecular weight is 284 g/mol. The van der Waals surface area contributed by atoms with E-state index in [1.165, 1.54) is 12.2 Å². The Balaban J connectivity index is 1.99. The monoisotopic (exact) mass is 284 g/mol. The van der Waals surface area contributed by atoms with Crippen LogP contribution in [0.5, 0.6) is 0 Å². The number of hydrogen-bond donors (Lipinski definition) is 1. The Morgan fingerprint density at radius 1 is 1.37 bits per heavy atom. The van der Waals surface area contributed by atoms with Gasteiger partial charge in [0.15, 0.2) is 5.17 Å². The maximum atomic E-state index is 5.51. The molecule has 4 heteroatoms. The number of thioether (sulfide) groups is 1. The predicted octanol–water partition coefficient (Wildman–Crippen LogP) is 3.30. The van der Waals surface area contributed by atoms with Crippen molar-refractivity contribution in [3.63, 3.8) is 0 Å². The molecular formula is C15H28N2OS.